The van der Waals surface area contributed by atoms with E-state index in [4.69, 9.17) is 0 Å². The molecule has 4 aliphatic rings. The van der Waals surface area contributed by atoms with Gasteiger partial charge >= 0.3 is 0 Å². The maximum Gasteiger partial charge on any atom is 0.0727 e. The standard InChI is InChI=1S/C73H54N2/c1-71(2)63-31-17-12-29-57(63)61-43-49(38-42-64(61)71)74(48-23-9-6-10-24-48)50-35-40-59-55-27-13-18-32-65(55)73(68(59)45-50)66-33-19-14-28-56(66)60-41-37-52(46-69(60)73)75(70-34-20-15-25-53(70)47-21-7-5-8-22-47)51-36-39-58-54-26-11-16-30-62(54)72(3,4)67(58)44-51/h5-46H,1-4H3. The van der Waals surface area contributed by atoms with E-state index in [1.165, 1.54) is 100 Å². The Labute approximate surface area is 440 Å². The molecule has 75 heavy (non-hydrogen) atoms. The Kier molecular flexibility index (Phi) is 9.30. The van der Waals surface area contributed by atoms with E-state index < -0.39 is 5.41 Å². The first-order valence-electron chi connectivity index (χ1n) is 26.5. The van der Waals surface area contributed by atoms with E-state index in [1.807, 2.05) is 0 Å². The Morgan fingerprint density at radius 1 is 0.227 bits per heavy atom. The van der Waals surface area contributed by atoms with Crippen LogP contribution in [0.1, 0.15) is 72.2 Å². The molecule has 0 aromatic heterocycles. The van der Waals surface area contributed by atoms with Gasteiger partial charge in [0, 0.05) is 44.8 Å². The van der Waals surface area contributed by atoms with Crippen LogP contribution in [-0.2, 0) is 16.2 Å². The molecule has 1 spiro atoms. The molecule has 0 heterocycles. The number of rotatable bonds is 7. The molecule has 0 saturated carbocycles. The van der Waals surface area contributed by atoms with Gasteiger partial charge in [-0.25, -0.2) is 0 Å². The Balaban J connectivity index is 0.967. The van der Waals surface area contributed by atoms with E-state index in [-0.39, 0.29) is 10.8 Å². The molecule has 1 atom stereocenters. The van der Waals surface area contributed by atoms with E-state index in [0.29, 0.717) is 0 Å². The van der Waals surface area contributed by atoms with Gasteiger partial charge in [0.1, 0.15) is 0 Å². The van der Waals surface area contributed by atoms with Gasteiger partial charge in [0.15, 0.2) is 0 Å². The molecule has 0 bridgehead atoms. The summed E-state index contributed by atoms with van der Waals surface area (Å²) in [6.07, 6.45) is 0. The first-order valence-corrected chi connectivity index (χ1v) is 26.5. The lowest BCUT2D eigenvalue weighted by Gasteiger charge is -2.34. The van der Waals surface area contributed by atoms with Crippen molar-refractivity contribution in [2.75, 3.05) is 9.80 Å². The summed E-state index contributed by atoms with van der Waals surface area (Å²) < 4.78 is 0. The van der Waals surface area contributed by atoms with Crippen LogP contribution in [0.2, 0.25) is 0 Å². The molecule has 1 unspecified atom stereocenters. The van der Waals surface area contributed by atoms with Gasteiger partial charge in [-0.2, -0.15) is 0 Å². The van der Waals surface area contributed by atoms with Crippen molar-refractivity contribution < 1.29 is 0 Å². The molecule has 4 aliphatic carbocycles. The van der Waals surface area contributed by atoms with Crippen molar-refractivity contribution in [1.29, 1.82) is 0 Å². The molecule has 2 nitrogen and oxygen atoms in total. The SMILES string of the molecule is CC1(C)c2ccccc2-c2cc(N(c3ccccc3)c3ccc4c(c3)C3(c5ccccc5-4)c4ccccc4-c4ccc(N(c5ccc6c(c5)C(C)(C)c5ccccc5-6)c5ccccc5-c5ccccc5)cc43)ccc21. The van der Waals surface area contributed by atoms with Crippen molar-refractivity contribution in [1.82, 2.24) is 0 Å². The minimum atomic E-state index is -0.612. The van der Waals surface area contributed by atoms with Crippen LogP contribution in [0.5, 0.6) is 0 Å². The highest BCUT2D eigenvalue weighted by molar-refractivity contribution is 5.99. The third kappa shape index (κ3) is 6.08. The zero-order chi connectivity index (χ0) is 50.2. The van der Waals surface area contributed by atoms with Crippen LogP contribution in [0.3, 0.4) is 0 Å². The zero-order valence-corrected chi connectivity index (χ0v) is 42.6. The Morgan fingerprint density at radius 2 is 0.587 bits per heavy atom. The minimum absolute atomic E-state index is 0.0853. The molecule has 11 aromatic carbocycles. The highest BCUT2D eigenvalue weighted by atomic mass is 15.2. The molecule has 0 aliphatic heterocycles. The summed E-state index contributed by atoms with van der Waals surface area (Å²) in [5.74, 6) is 0. The van der Waals surface area contributed by atoms with Crippen LogP contribution in [0.25, 0.3) is 55.6 Å². The smallest absolute Gasteiger partial charge is 0.0727 e. The summed E-state index contributed by atoms with van der Waals surface area (Å²) in [6.45, 7) is 9.48. The van der Waals surface area contributed by atoms with Crippen molar-refractivity contribution in [3.8, 4) is 55.6 Å². The Bertz CT molecular complexity index is 4130. The molecule has 0 N–H and O–H groups in total. The van der Waals surface area contributed by atoms with Crippen LogP contribution < -0.4 is 9.80 Å². The largest absolute Gasteiger partial charge is 0.310 e. The summed E-state index contributed by atoms with van der Waals surface area (Å²) in [6, 6.07) is 95.9. The fraction of sp³-hybridized carbons (Fsp3) is 0.0959. The Morgan fingerprint density at radius 3 is 1.16 bits per heavy atom. The molecule has 2 heteroatoms. The molecule has 15 rings (SSSR count). The fourth-order valence-electron chi connectivity index (χ4n) is 14.1. The lowest BCUT2D eigenvalue weighted by molar-refractivity contribution is 0.660. The van der Waals surface area contributed by atoms with E-state index in [0.717, 1.165) is 34.1 Å². The zero-order valence-electron chi connectivity index (χ0n) is 42.6. The maximum absolute atomic E-state index is 2.54. The van der Waals surface area contributed by atoms with Crippen LogP contribution in [-0.4, -0.2) is 0 Å². The first-order chi connectivity index (χ1) is 36.7. The summed E-state index contributed by atoms with van der Waals surface area (Å²) >= 11 is 0. The van der Waals surface area contributed by atoms with Crippen molar-refractivity contribution >= 4 is 34.1 Å². The molecule has 0 radical (unpaired) electrons. The average molecular weight is 959 g/mol. The van der Waals surface area contributed by atoms with Gasteiger partial charge in [0.2, 0.25) is 0 Å². The molecule has 0 fully saturated rings. The van der Waals surface area contributed by atoms with E-state index in [9.17, 15) is 0 Å². The summed E-state index contributed by atoms with van der Waals surface area (Å²) in [7, 11) is 0. The third-order valence-electron chi connectivity index (χ3n) is 17.5. The average Bonchev–Trinajstić information content (AvgIpc) is 4.23. The van der Waals surface area contributed by atoms with Crippen LogP contribution in [0, 0.1) is 0 Å². The summed E-state index contributed by atoms with van der Waals surface area (Å²) in [4.78, 5) is 5.00. The van der Waals surface area contributed by atoms with Gasteiger partial charge < -0.3 is 9.80 Å². The number of fused-ring (bicyclic) bond motifs is 16. The van der Waals surface area contributed by atoms with Crippen LogP contribution >= 0.6 is 0 Å². The topological polar surface area (TPSA) is 6.48 Å². The number of hydrogen-bond acceptors (Lipinski definition) is 2. The minimum Gasteiger partial charge on any atom is -0.310 e. The van der Waals surface area contributed by atoms with Gasteiger partial charge in [-0.1, -0.05) is 216 Å². The van der Waals surface area contributed by atoms with Crippen LogP contribution in [0.4, 0.5) is 34.1 Å². The molecular formula is C73H54N2. The fourth-order valence-corrected chi connectivity index (χ4v) is 14.1. The van der Waals surface area contributed by atoms with Crippen molar-refractivity contribution in [3.63, 3.8) is 0 Å². The Hall–Kier alpha value is -8.98. The summed E-state index contributed by atoms with van der Waals surface area (Å²) in [5, 5.41) is 0. The maximum atomic E-state index is 2.54. The number of para-hydroxylation sites is 2. The number of anilines is 6. The van der Waals surface area contributed by atoms with Crippen molar-refractivity contribution in [2.24, 2.45) is 0 Å². The first kappa shape index (κ1) is 43.6. The normalized spacial score (nSPS) is 16.0. The van der Waals surface area contributed by atoms with Gasteiger partial charge in [-0.15, -0.1) is 0 Å². The second kappa shape index (κ2) is 16.0. The van der Waals surface area contributed by atoms with Gasteiger partial charge in [0.25, 0.3) is 0 Å². The van der Waals surface area contributed by atoms with E-state index >= 15 is 0 Å². The lowest BCUT2D eigenvalue weighted by Crippen LogP contribution is -2.26. The second-order valence-electron chi connectivity index (χ2n) is 22.0. The molecule has 11 aromatic rings. The monoisotopic (exact) mass is 958 g/mol. The predicted octanol–water partition coefficient (Wildman–Crippen LogP) is 19.2. The highest BCUT2D eigenvalue weighted by Gasteiger charge is 2.52. The third-order valence-corrected chi connectivity index (χ3v) is 17.5. The number of hydrogen-bond donors (Lipinski definition) is 0. The molecule has 0 saturated heterocycles. The lowest BCUT2D eigenvalue weighted by atomic mass is 9.70. The molecular weight excluding hydrogens is 905 g/mol. The van der Waals surface area contributed by atoms with E-state index in [2.05, 4.69) is 292 Å². The summed E-state index contributed by atoms with van der Waals surface area (Å²) in [5.41, 5.74) is 29.3. The van der Waals surface area contributed by atoms with Gasteiger partial charge in [-0.05, 0) is 161 Å². The second-order valence-corrected chi connectivity index (χ2v) is 22.0. The quantitative estimate of drug-likeness (QED) is 0.157. The van der Waals surface area contributed by atoms with Crippen molar-refractivity contribution in [2.45, 2.75) is 43.9 Å². The molecule has 356 valence electrons. The number of benzene rings is 11. The van der Waals surface area contributed by atoms with E-state index in [1.54, 1.807) is 0 Å². The van der Waals surface area contributed by atoms with Gasteiger partial charge in [-0.3, -0.25) is 0 Å². The predicted molar refractivity (Wildman–Crippen MR) is 313 cm³/mol. The molecule has 0 amide bonds. The van der Waals surface area contributed by atoms with Crippen LogP contribution in [0.15, 0.2) is 255 Å². The van der Waals surface area contributed by atoms with Gasteiger partial charge in [0.05, 0.1) is 11.1 Å². The van der Waals surface area contributed by atoms with Crippen molar-refractivity contribution in [3.05, 3.63) is 299 Å². The highest BCUT2D eigenvalue weighted by Crippen LogP contribution is 2.64. The number of nitrogens with zero attached hydrogens (tertiary/aromatic N) is 2.